The Bertz CT molecular complexity index is 483. The quantitative estimate of drug-likeness (QED) is 0.768. The standard InChI is InChI=1S/C12H16FN5/c1-2-10-11(13)12(16-8-15-10)14-6-3-4-9-5-7-17-18-9/h5,7-8H,2-4,6H2,1H3,(H,17,18)(H,14,15,16). The van der Waals surface area contributed by atoms with Crippen LogP contribution in [0, 0.1) is 5.82 Å². The van der Waals surface area contributed by atoms with Gasteiger partial charge in [-0.3, -0.25) is 5.10 Å². The van der Waals surface area contributed by atoms with Crippen molar-refractivity contribution in [2.45, 2.75) is 26.2 Å². The van der Waals surface area contributed by atoms with E-state index in [4.69, 9.17) is 0 Å². The summed E-state index contributed by atoms with van der Waals surface area (Å²) in [6, 6.07) is 1.93. The Kier molecular flexibility index (Phi) is 4.22. The summed E-state index contributed by atoms with van der Waals surface area (Å²) in [5.74, 6) is -0.0620. The molecule has 2 rings (SSSR count). The minimum Gasteiger partial charge on any atom is -0.368 e. The largest absolute Gasteiger partial charge is 0.368 e. The molecule has 0 radical (unpaired) electrons. The second-order valence-electron chi connectivity index (χ2n) is 3.95. The lowest BCUT2D eigenvalue weighted by atomic mass is 10.2. The smallest absolute Gasteiger partial charge is 0.186 e. The van der Waals surface area contributed by atoms with E-state index >= 15 is 0 Å². The van der Waals surface area contributed by atoms with Gasteiger partial charge in [-0.1, -0.05) is 6.92 Å². The summed E-state index contributed by atoms with van der Waals surface area (Å²) in [4.78, 5) is 7.79. The van der Waals surface area contributed by atoms with E-state index in [0.29, 0.717) is 18.7 Å². The lowest BCUT2D eigenvalue weighted by Gasteiger charge is -2.07. The molecule has 0 fully saturated rings. The SMILES string of the molecule is CCc1ncnc(NCCCc2ccn[nH]2)c1F. The number of hydrogen-bond acceptors (Lipinski definition) is 4. The molecule has 0 saturated carbocycles. The molecule has 5 nitrogen and oxygen atoms in total. The highest BCUT2D eigenvalue weighted by Crippen LogP contribution is 2.13. The zero-order valence-corrected chi connectivity index (χ0v) is 10.3. The first kappa shape index (κ1) is 12.5. The number of aromatic amines is 1. The number of aryl methyl sites for hydroxylation is 2. The Morgan fingerprint density at radius 3 is 3.00 bits per heavy atom. The van der Waals surface area contributed by atoms with E-state index in [2.05, 4.69) is 25.5 Å². The molecule has 0 spiro atoms. The van der Waals surface area contributed by atoms with Gasteiger partial charge in [0.2, 0.25) is 0 Å². The maximum atomic E-state index is 13.8. The van der Waals surface area contributed by atoms with Crippen molar-refractivity contribution < 1.29 is 4.39 Å². The van der Waals surface area contributed by atoms with Gasteiger partial charge in [0.05, 0.1) is 5.69 Å². The van der Waals surface area contributed by atoms with Crippen molar-refractivity contribution in [2.75, 3.05) is 11.9 Å². The maximum absolute atomic E-state index is 13.8. The first-order valence-electron chi connectivity index (χ1n) is 6.02. The topological polar surface area (TPSA) is 66.5 Å². The van der Waals surface area contributed by atoms with Crippen LogP contribution in [0.3, 0.4) is 0 Å². The van der Waals surface area contributed by atoms with Crippen molar-refractivity contribution in [1.82, 2.24) is 20.2 Å². The van der Waals surface area contributed by atoms with Gasteiger partial charge in [0.1, 0.15) is 6.33 Å². The third kappa shape index (κ3) is 3.03. The first-order chi connectivity index (χ1) is 8.81. The van der Waals surface area contributed by atoms with E-state index < -0.39 is 0 Å². The lowest BCUT2D eigenvalue weighted by Crippen LogP contribution is -2.09. The van der Waals surface area contributed by atoms with Crippen molar-refractivity contribution in [2.24, 2.45) is 0 Å². The zero-order valence-electron chi connectivity index (χ0n) is 10.3. The average molecular weight is 249 g/mol. The number of anilines is 1. The second-order valence-corrected chi connectivity index (χ2v) is 3.95. The molecule has 0 aromatic carbocycles. The Labute approximate surface area is 105 Å². The molecule has 0 aliphatic heterocycles. The minimum atomic E-state index is -0.346. The van der Waals surface area contributed by atoms with Gasteiger partial charge in [-0.15, -0.1) is 0 Å². The molecule has 18 heavy (non-hydrogen) atoms. The van der Waals surface area contributed by atoms with Gasteiger partial charge < -0.3 is 5.32 Å². The monoisotopic (exact) mass is 249 g/mol. The highest BCUT2D eigenvalue weighted by Gasteiger charge is 2.08. The second kappa shape index (κ2) is 6.09. The number of H-pyrrole nitrogens is 1. The number of hydrogen-bond donors (Lipinski definition) is 2. The summed E-state index contributed by atoms with van der Waals surface area (Å²) in [5, 5.41) is 9.75. The van der Waals surface area contributed by atoms with Gasteiger partial charge >= 0.3 is 0 Å². The van der Waals surface area contributed by atoms with Crippen molar-refractivity contribution in [1.29, 1.82) is 0 Å². The summed E-state index contributed by atoms with van der Waals surface area (Å²) in [5.41, 5.74) is 1.52. The molecule has 0 aliphatic carbocycles. The van der Waals surface area contributed by atoms with Gasteiger partial charge in [-0.2, -0.15) is 5.10 Å². The Hall–Kier alpha value is -1.98. The van der Waals surface area contributed by atoms with Crippen LogP contribution in [0.15, 0.2) is 18.6 Å². The molecule has 0 aliphatic rings. The van der Waals surface area contributed by atoms with Crippen LogP contribution in [0.4, 0.5) is 10.2 Å². The molecular formula is C12H16FN5. The zero-order chi connectivity index (χ0) is 12.8. The molecule has 2 aromatic heterocycles. The summed E-state index contributed by atoms with van der Waals surface area (Å²) in [6.45, 7) is 2.53. The van der Waals surface area contributed by atoms with E-state index in [1.807, 2.05) is 13.0 Å². The van der Waals surface area contributed by atoms with Crippen LogP contribution in [0.25, 0.3) is 0 Å². The number of halogens is 1. The summed E-state index contributed by atoms with van der Waals surface area (Å²) in [7, 11) is 0. The fourth-order valence-corrected chi connectivity index (χ4v) is 1.69. The maximum Gasteiger partial charge on any atom is 0.186 e. The molecule has 6 heteroatoms. The molecule has 0 atom stereocenters. The van der Waals surface area contributed by atoms with Crippen molar-refractivity contribution in [3.05, 3.63) is 35.8 Å². The van der Waals surface area contributed by atoms with E-state index in [0.717, 1.165) is 18.5 Å². The van der Waals surface area contributed by atoms with Crippen LogP contribution in [0.2, 0.25) is 0 Å². The molecule has 2 aromatic rings. The number of rotatable bonds is 6. The summed E-state index contributed by atoms with van der Waals surface area (Å²) < 4.78 is 13.8. The summed E-state index contributed by atoms with van der Waals surface area (Å²) in [6.07, 6.45) is 5.43. The van der Waals surface area contributed by atoms with E-state index in [-0.39, 0.29) is 11.6 Å². The predicted octanol–water partition coefficient (Wildman–Crippen LogP) is 1.95. The minimum absolute atomic E-state index is 0.284. The van der Waals surface area contributed by atoms with Crippen molar-refractivity contribution >= 4 is 5.82 Å². The van der Waals surface area contributed by atoms with Crippen LogP contribution < -0.4 is 5.32 Å². The molecule has 0 amide bonds. The normalized spacial score (nSPS) is 10.6. The van der Waals surface area contributed by atoms with Gasteiger partial charge in [0.15, 0.2) is 11.6 Å². The van der Waals surface area contributed by atoms with Gasteiger partial charge in [0.25, 0.3) is 0 Å². The number of nitrogens with one attached hydrogen (secondary N) is 2. The fraction of sp³-hybridized carbons (Fsp3) is 0.417. The third-order valence-electron chi connectivity index (χ3n) is 2.67. The van der Waals surface area contributed by atoms with E-state index in [9.17, 15) is 4.39 Å². The average Bonchev–Trinajstić information content (AvgIpc) is 2.89. The number of aromatic nitrogens is 4. The van der Waals surface area contributed by atoms with Crippen LogP contribution in [-0.4, -0.2) is 26.7 Å². The highest BCUT2D eigenvalue weighted by atomic mass is 19.1. The predicted molar refractivity (Wildman–Crippen MR) is 66.8 cm³/mol. The molecule has 2 N–H and O–H groups in total. The third-order valence-corrected chi connectivity index (χ3v) is 2.67. The molecule has 0 unspecified atom stereocenters. The Morgan fingerprint density at radius 2 is 2.28 bits per heavy atom. The molecule has 0 saturated heterocycles. The highest BCUT2D eigenvalue weighted by molar-refractivity contribution is 5.37. The lowest BCUT2D eigenvalue weighted by molar-refractivity contribution is 0.596. The van der Waals surface area contributed by atoms with Gasteiger partial charge in [-0.05, 0) is 25.3 Å². The number of nitrogens with zero attached hydrogens (tertiary/aromatic N) is 3. The van der Waals surface area contributed by atoms with E-state index in [1.54, 1.807) is 6.20 Å². The molecule has 96 valence electrons. The van der Waals surface area contributed by atoms with Crippen LogP contribution in [0.1, 0.15) is 24.7 Å². The Balaban J connectivity index is 1.83. The molecule has 0 bridgehead atoms. The Morgan fingerprint density at radius 1 is 1.39 bits per heavy atom. The van der Waals surface area contributed by atoms with Crippen LogP contribution in [-0.2, 0) is 12.8 Å². The van der Waals surface area contributed by atoms with Crippen molar-refractivity contribution in [3.63, 3.8) is 0 Å². The van der Waals surface area contributed by atoms with Crippen LogP contribution >= 0.6 is 0 Å². The van der Waals surface area contributed by atoms with Gasteiger partial charge in [0, 0.05) is 18.4 Å². The van der Waals surface area contributed by atoms with Gasteiger partial charge in [-0.25, -0.2) is 14.4 Å². The first-order valence-corrected chi connectivity index (χ1v) is 6.02. The van der Waals surface area contributed by atoms with Crippen molar-refractivity contribution in [3.8, 4) is 0 Å². The van der Waals surface area contributed by atoms with E-state index in [1.165, 1.54) is 6.33 Å². The molecule has 2 heterocycles. The fourth-order valence-electron chi connectivity index (χ4n) is 1.69. The summed E-state index contributed by atoms with van der Waals surface area (Å²) >= 11 is 0. The molecular weight excluding hydrogens is 233 g/mol. The van der Waals surface area contributed by atoms with Crippen LogP contribution in [0.5, 0.6) is 0 Å².